The first kappa shape index (κ1) is 9.70. The lowest BCUT2D eigenvalue weighted by atomic mass is 10.4. The van der Waals surface area contributed by atoms with Crippen LogP contribution in [0.25, 0.3) is 0 Å². The van der Waals surface area contributed by atoms with Gasteiger partial charge >= 0.3 is 0 Å². The summed E-state index contributed by atoms with van der Waals surface area (Å²) in [4.78, 5) is 1.19. The van der Waals surface area contributed by atoms with E-state index in [0.717, 1.165) is 0 Å². The van der Waals surface area contributed by atoms with Crippen molar-refractivity contribution in [3.8, 4) is 0 Å². The number of hydrogen-bond acceptors (Lipinski definition) is 3. The molecule has 0 atom stereocenters. The summed E-state index contributed by atoms with van der Waals surface area (Å²) in [7, 11) is 0. The van der Waals surface area contributed by atoms with Crippen molar-refractivity contribution in [2.45, 2.75) is 6.42 Å². The SMILES string of the molecule is N=C(N)N(CCCN)C(=N)N. The summed E-state index contributed by atoms with van der Waals surface area (Å²) >= 11 is 0. The summed E-state index contributed by atoms with van der Waals surface area (Å²) in [5, 5.41) is 14.0. The number of rotatable bonds is 3. The zero-order chi connectivity index (χ0) is 8.85. The predicted molar refractivity (Wildman–Crippen MR) is 44.2 cm³/mol. The minimum Gasteiger partial charge on any atom is -0.370 e. The Kier molecular flexibility index (Phi) is 3.97. The number of nitrogens with one attached hydrogen (secondary N) is 2. The van der Waals surface area contributed by atoms with E-state index < -0.39 is 0 Å². The Morgan fingerprint density at radius 2 is 1.64 bits per heavy atom. The lowest BCUT2D eigenvalue weighted by Crippen LogP contribution is -2.45. The fourth-order valence-electron chi connectivity index (χ4n) is 0.620. The smallest absolute Gasteiger partial charge is 0.195 e. The van der Waals surface area contributed by atoms with E-state index in [1.54, 1.807) is 0 Å². The van der Waals surface area contributed by atoms with E-state index in [-0.39, 0.29) is 11.9 Å². The van der Waals surface area contributed by atoms with Gasteiger partial charge in [0.05, 0.1) is 0 Å². The third-order valence-corrected chi connectivity index (χ3v) is 1.17. The zero-order valence-electron chi connectivity index (χ0n) is 6.30. The summed E-state index contributed by atoms with van der Waals surface area (Å²) in [5.74, 6) is -0.433. The van der Waals surface area contributed by atoms with Gasteiger partial charge in [-0.05, 0) is 13.0 Å². The van der Waals surface area contributed by atoms with Crippen LogP contribution in [0, 0.1) is 10.8 Å². The molecule has 0 spiro atoms. The van der Waals surface area contributed by atoms with Crippen molar-refractivity contribution in [2.75, 3.05) is 13.1 Å². The molecule has 0 aromatic heterocycles. The van der Waals surface area contributed by atoms with Gasteiger partial charge in [-0.2, -0.15) is 0 Å². The third kappa shape index (κ3) is 3.41. The highest BCUT2D eigenvalue weighted by Gasteiger charge is 2.07. The van der Waals surface area contributed by atoms with Gasteiger partial charge in [0.2, 0.25) is 0 Å². The lowest BCUT2D eigenvalue weighted by Gasteiger charge is -2.19. The fraction of sp³-hybridized carbons (Fsp3) is 0.600. The maximum atomic E-state index is 7.00. The third-order valence-electron chi connectivity index (χ3n) is 1.17. The number of nitrogens with two attached hydrogens (primary N) is 3. The number of nitrogens with zero attached hydrogens (tertiary/aromatic N) is 1. The van der Waals surface area contributed by atoms with Crippen LogP contribution in [0.3, 0.4) is 0 Å². The largest absolute Gasteiger partial charge is 0.370 e. The van der Waals surface area contributed by atoms with Crippen LogP contribution in [-0.2, 0) is 0 Å². The molecule has 0 unspecified atom stereocenters. The van der Waals surface area contributed by atoms with Crippen molar-refractivity contribution in [1.29, 1.82) is 10.8 Å². The van der Waals surface area contributed by atoms with Crippen molar-refractivity contribution in [2.24, 2.45) is 17.2 Å². The molecule has 0 saturated carbocycles. The van der Waals surface area contributed by atoms with Gasteiger partial charge in [-0.15, -0.1) is 0 Å². The fourth-order valence-corrected chi connectivity index (χ4v) is 0.620. The maximum Gasteiger partial charge on any atom is 0.195 e. The molecule has 6 nitrogen and oxygen atoms in total. The van der Waals surface area contributed by atoms with Crippen LogP contribution in [0.1, 0.15) is 6.42 Å². The quantitative estimate of drug-likeness (QED) is 0.251. The molecule has 0 heterocycles. The average molecular weight is 158 g/mol. The second kappa shape index (κ2) is 4.51. The second-order valence-electron chi connectivity index (χ2n) is 2.06. The van der Waals surface area contributed by atoms with Crippen LogP contribution in [0.5, 0.6) is 0 Å². The molecule has 0 fully saturated rings. The monoisotopic (exact) mass is 158 g/mol. The Morgan fingerprint density at radius 1 is 1.18 bits per heavy atom. The highest BCUT2D eigenvalue weighted by Crippen LogP contribution is 1.86. The summed E-state index contributed by atoms with van der Waals surface area (Å²) in [6.07, 6.45) is 0.666. The van der Waals surface area contributed by atoms with Crippen molar-refractivity contribution in [3.05, 3.63) is 0 Å². The van der Waals surface area contributed by atoms with Crippen molar-refractivity contribution < 1.29 is 0 Å². The first-order chi connectivity index (χ1) is 5.09. The summed E-state index contributed by atoms with van der Waals surface area (Å²) in [6, 6.07) is 0. The number of guanidine groups is 2. The molecule has 0 aliphatic rings. The van der Waals surface area contributed by atoms with Crippen molar-refractivity contribution in [3.63, 3.8) is 0 Å². The molecule has 6 heteroatoms. The topological polar surface area (TPSA) is 129 Å². The molecular formula is C5H14N6. The minimum atomic E-state index is -0.217. The molecule has 0 saturated heterocycles. The summed E-state index contributed by atoms with van der Waals surface area (Å²) in [5.41, 5.74) is 15.5. The summed E-state index contributed by atoms with van der Waals surface area (Å²) < 4.78 is 0. The Bertz CT molecular complexity index is 139. The normalized spacial score (nSPS) is 9.18. The molecule has 0 radical (unpaired) electrons. The minimum absolute atomic E-state index is 0.217. The molecule has 0 aliphatic heterocycles. The van der Waals surface area contributed by atoms with Crippen LogP contribution >= 0.6 is 0 Å². The molecule has 0 rings (SSSR count). The second-order valence-corrected chi connectivity index (χ2v) is 2.06. The molecule has 0 amide bonds. The molecule has 64 valence electrons. The Morgan fingerprint density at radius 3 is 1.91 bits per heavy atom. The first-order valence-electron chi connectivity index (χ1n) is 3.25. The van der Waals surface area contributed by atoms with Crippen LogP contribution < -0.4 is 17.2 Å². The van der Waals surface area contributed by atoms with Crippen LogP contribution in [-0.4, -0.2) is 29.9 Å². The van der Waals surface area contributed by atoms with E-state index in [0.29, 0.717) is 19.5 Å². The van der Waals surface area contributed by atoms with E-state index >= 15 is 0 Å². The standard InChI is InChI=1S/C5H14N6/c6-2-1-3-11(4(7)8)5(9)10/h1-3,6H2,(H3,7,8)(H3,9,10). The van der Waals surface area contributed by atoms with Gasteiger partial charge in [-0.3, -0.25) is 15.7 Å². The van der Waals surface area contributed by atoms with Gasteiger partial charge in [0.1, 0.15) is 0 Å². The Labute approximate surface area is 65.3 Å². The highest BCUT2D eigenvalue weighted by molar-refractivity contribution is 5.94. The molecule has 8 N–H and O–H groups in total. The van der Waals surface area contributed by atoms with Crippen LogP contribution in [0.2, 0.25) is 0 Å². The van der Waals surface area contributed by atoms with Gasteiger partial charge in [0, 0.05) is 6.54 Å². The van der Waals surface area contributed by atoms with E-state index in [1.165, 1.54) is 4.90 Å². The van der Waals surface area contributed by atoms with E-state index in [4.69, 9.17) is 28.0 Å². The van der Waals surface area contributed by atoms with Gasteiger partial charge in [-0.1, -0.05) is 0 Å². The van der Waals surface area contributed by atoms with Crippen molar-refractivity contribution in [1.82, 2.24) is 4.90 Å². The van der Waals surface area contributed by atoms with Gasteiger partial charge in [0.15, 0.2) is 11.9 Å². The summed E-state index contributed by atoms with van der Waals surface area (Å²) in [6.45, 7) is 0.929. The van der Waals surface area contributed by atoms with Crippen molar-refractivity contribution >= 4 is 11.9 Å². The van der Waals surface area contributed by atoms with Crippen LogP contribution in [0.4, 0.5) is 0 Å². The average Bonchev–Trinajstić information content (AvgIpc) is 1.87. The molecule has 0 bridgehead atoms. The molecular weight excluding hydrogens is 144 g/mol. The predicted octanol–water partition coefficient (Wildman–Crippen LogP) is -1.58. The lowest BCUT2D eigenvalue weighted by molar-refractivity contribution is 0.562. The molecule has 11 heavy (non-hydrogen) atoms. The molecule has 0 aliphatic carbocycles. The van der Waals surface area contributed by atoms with E-state index in [9.17, 15) is 0 Å². The molecule has 0 aromatic rings. The van der Waals surface area contributed by atoms with E-state index in [1.807, 2.05) is 0 Å². The maximum absolute atomic E-state index is 7.00. The van der Waals surface area contributed by atoms with Crippen LogP contribution in [0.15, 0.2) is 0 Å². The highest BCUT2D eigenvalue weighted by atomic mass is 15.3. The first-order valence-corrected chi connectivity index (χ1v) is 3.25. The molecule has 0 aromatic carbocycles. The van der Waals surface area contributed by atoms with Gasteiger partial charge < -0.3 is 17.2 Å². The zero-order valence-corrected chi connectivity index (χ0v) is 6.30. The van der Waals surface area contributed by atoms with E-state index in [2.05, 4.69) is 0 Å². The Hall–Kier alpha value is -1.30. The number of hydrogen-bond donors (Lipinski definition) is 5. The van der Waals surface area contributed by atoms with Gasteiger partial charge in [-0.25, -0.2) is 0 Å². The Balaban J connectivity index is 3.90. The van der Waals surface area contributed by atoms with Gasteiger partial charge in [0.25, 0.3) is 0 Å².